The van der Waals surface area contributed by atoms with E-state index in [1.165, 1.54) is 0 Å². The summed E-state index contributed by atoms with van der Waals surface area (Å²) in [5, 5.41) is 0. The molecule has 0 radical (unpaired) electrons. The summed E-state index contributed by atoms with van der Waals surface area (Å²) in [5.41, 5.74) is -1.74. The molecule has 0 amide bonds. The lowest BCUT2D eigenvalue weighted by molar-refractivity contribution is -0.159. The number of ether oxygens (including phenoxy) is 4. The molecule has 0 aromatic carbocycles. The molecule has 0 bridgehead atoms. The van der Waals surface area contributed by atoms with E-state index in [0.29, 0.717) is 76.4 Å². The van der Waals surface area contributed by atoms with Crippen LogP contribution in [-0.4, -0.2) is 48.3 Å². The van der Waals surface area contributed by atoms with Gasteiger partial charge in [-0.15, -0.1) is 0 Å². The number of hydrogen-bond donors (Lipinski definition) is 0. The van der Waals surface area contributed by atoms with Crippen LogP contribution < -0.4 is 0 Å². The zero-order valence-electron chi connectivity index (χ0n) is 28.5. The Bertz CT molecular complexity index is 955. The van der Waals surface area contributed by atoms with E-state index < -0.39 is 23.1 Å². The SMILES string of the molecule is C=CC(=O)OCCCCCC(=O)OC1(C#CC2(OC(=O)CCCCCOC(=O)C=C)CCC(CCC)CC2)CCC(CCC)CC1. The van der Waals surface area contributed by atoms with E-state index in [-0.39, 0.29) is 24.8 Å². The molecule has 0 spiro atoms. The van der Waals surface area contributed by atoms with Crippen molar-refractivity contribution in [2.24, 2.45) is 11.8 Å². The molecule has 8 heteroatoms. The summed E-state index contributed by atoms with van der Waals surface area (Å²) >= 11 is 0. The maximum atomic E-state index is 13.1. The third kappa shape index (κ3) is 15.0. The molecule has 2 aliphatic carbocycles. The first-order valence-corrected chi connectivity index (χ1v) is 17.7. The van der Waals surface area contributed by atoms with Crippen molar-refractivity contribution in [2.45, 2.75) is 153 Å². The van der Waals surface area contributed by atoms with Crippen LogP contribution in [-0.2, 0) is 38.1 Å². The molecule has 0 aromatic heterocycles. The summed E-state index contributed by atoms with van der Waals surface area (Å²) in [4.78, 5) is 48.6. The van der Waals surface area contributed by atoms with Gasteiger partial charge in [0.25, 0.3) is 0 Å². The molecular formula is C38H58O8. The summed E-state index contributed by atoms with van der Waals surface area (Å²) in [6.45, 7) is 11.8. The van der Waals surface area contributed by atoms with Crippen LogP contribution in [0.2, 0.25) is 0 Å². The standard InChI is InChI=1S/C38H58O8/c1-5-15-31-19-23-37(24-20-31,45-35(41)17-11-9-13-29-43-33(39)7-3)27-28-38(25-21-32(16-6-2)22-26-38)46-36(42)18-12-10-14-30-44-34(40)8-4/h7-8,31-32H,3-6,9-26,29-30H2,1-2H3. The van der Waals surface area contributed by atoms with Crippen LogP contribution >= 0.6 is 0 Å². The fourth-order valence-electron chi connectivity index (χ4n) is 6.51. The van der Waals surface area contributed by atoms with Crippen LogP contribution in [0.1, 0.15) is 142 Å². The molecule has 0 atom stereocenters. The van der Waals surface area contributed by atoms with E-state index in [2.05, 4.69) is 38.8 Å². The first-order chi connectivity index (χ1) is 22.2. The van der Waals surface area contributed by atoms with E-state index in [9.17, 15) is 19.2 Å². The highest BCUT2D eigenvalue weighted by Gasteiger charge is 2.41. The minimum Gasteiger partial charge on any atom is -0.463 e. The van der Waals surface area contributed by atoms with Crippen molar-refractivity contribution in [3.8, 4) is 11.8 Å². The Balaban J connectivity index is 2.08. The smallest absolute Gasteiger partial charge is 0.330 e. The van der Waals surface area contributed by atoms with Crippen molar-refractivity contribution in [3.63, 3.8) is 0 Å². The van der Waals surface area contributed by atoms with Gasteiger partial charge in [-0.3, -0.25) is 9.59 Å². The average Bonchev–Trinajstić information content (AvgIpc) is 3.05. The molecule has 8 nitrogen and oxygen atoms in total. The number of hydrogen-bond acceptors (Lipinski definition) is 8. The Labute approximate surface area is 277 Å². The second kappa shape index (κ2) is 21.7. The maximum absolute atomic E-state index is 13.1. The van der Waals surface area contributed by atoms with Gasteiger partial charge in [0.05, 0.1) is 13.2 Å². The second-order valence-electron chi connectivity index (χ2n) is 13.0. The molecule has 2 saturated carbocycles. The molecular weight excluding hydrogens is 584 g/mol. The van der Waals surface area contributed by atoms with Crippen LogP contribution in [0.25, 0.3) is 0 Å². The summed E-state index contributed by atoms with van der Waals surface area (Å²) in [6, 6.07) is 0. The maximum Gasteiger partial charge on any atom is 0.330 e. The summed E-state index contributed by atoms with van der Waals surface area (Å²) in [7, 11) is 0. The van der Waals surface area contributed by atoms with Gasteiger partial charge >= 0.3 is 23.9 Å². The van der Waals surface area contributed by atoms with Crippen molar-refractivity contribution in [1.29, 1.82) is 0 Å². The van der Waals surface area contributed by atoms with Crippen molar-refractivity contribution in [1.82, 2.24) is 0 Å². The predicted octanol–water partition coefficient (Wildman–Crippen LogP) is 8.11. The molecule has 46 heavy (non-hydrogen) atoms. The quantitative estimate of drug-likeness (QED) is 0.0431. The van der Waals surface area contributed by atoms with Gasteiger partial charge in [-0.25, -0.2) is 9.59 Å². The van der Waals surface area contributed by atoms with Gasteiger partial charge in [0.2, 0.25) is 0 Å². The molecule has 0 unspecified atom stereocenters. The van der Waals surface area contributed by atoms with Gasteiger partial charge in [-0.2, -0.15) is 0 Å². The van der Waals surface area contributed by atoms with Crippen molar-refractivity contribution < 1.29 is 38.1 Å². The third-order valence-corrected chi connectivity index (χ3v) is 9.23. The molecule has 0 aromatic rings. The lowest BCUT2D eigenvalue weighted by Gasteiger charge is -2.38. The first kappa shape index (κ1) is 39.1. The van der Waals surface area contributed by atoms with E-state index in [1.807, 2.05) is 0 Å². The van der Waals surface area contributed by atoms with Crippen LogP contribution in [0.3, 0.4) is 0 Å². The third-order valence-electron chi connectivity index (χ3n) is 9.23. The Morgan fingerprint density at radius 2 is 1.00 bits per heavy atom. The number of rotatable bonds is 20. The highest BCUT2D eigenvalue weighted by Crippen LogP contribution is 2.40. The van der Waals surface area contributed by atoms with Crippen LogP contribution in [0.4, 0.5) is 0 Å². The van der Waals surface area contributed by atoms with Crippen LogP contribution in [0.5, 0.6) is 0 Å². The predicted molar refractivity (Wildman–Crippen MR) is 178 cm³/mol. The largest absolute Gasteiger partial charge is 0.463 e. The lowest BCUT2D eigenvalue weighted by Crippen LogP contribution is -2.41. The van der Waals surface area contributed by atoms with Gasteiger partial charge < -0.3 is 18.9 Å². The zero-order chi connectivity index (χ0) is 33.7. The average molecular weight is 643 g/mol. The van der Waals surface area contributed by atoms with E-state index in [4.69, 9.17) is 18.9 Å². The highest BCUT2D eigenvalue weighted by atomic mass is 16.6. The Morgan fingerprint density at radius 1 is 0.630 bits per heavy atom. The zero-order valence-corrected chi connectivity index (χ0v) is 28.5. The van der Waals surface area contributed by atoms with Crippen LogP contribution in [0, 0.1) is 23.7 Å². The van der Waals surface area contributed by atoms with E-state index in [1.54, 1.807) is 0 Å². The molecule has 2 aliphatic rings. The van der Waals surface area contributed by atoms with Gasteiger partial charge in [-0.1, -0.05) is 64.5 Å². The molecule has 2 fully saturated rings. The number of carbonyl (C=O) groups is 4. The summed E-state index contributed by atoms with van der Waals surface area (Å²) < 4.78 is 22.4. The van der Waals surface area contributed by atoms with Crippen molar-refractivity contribution in [2.75, 3.05) is 13.2 Å². The van der Waals surface area contributed by atoms with Gasteiger partial charge in [0, 0.05) is 25.0 Å². The molecule has 0 heterocycles. The number of carbonyl (C=O) groups excluding carboxylic acids is 4. The molecule has 0 aliphatic heterocycles. The van der Waals surface area contributed by atoms with Gasteiger partial charge in [-0.05, 0) is 102 Å². The first-order valence-electron chi connectivity index (χ1n) is 17.7. The normalized spacial score (nSPS) is 24.0. The van der Waals surface area contributed by atoms with E-state index in [0.717, 1.165) is 76.4 Å². The lowest BCUT2D eigenvalue weighted by atomic mass is 9.75. The van der Waals surface area contributed by atoms with Gasteiger partial charge in [0.1, 0.15) is 0 Å². The Kier molecular flexibility index (Phi) is 18.4. The van der Waals surface area contributed by atoms with E-state index >= 15 is 0 Å². The minimum atomic E-state index is -0.872. The van der Waals surface area contributed by atoms with Gasteiger partial charge in [0.15, 0.2) is 11.2 Å². The number of unbranched alkanes of at least 4 members (excludes halogenated alkanes) is 4. The fraction of sp³-hybridized carbons (Fsp3) is 0.737. The molecule has 258 valence electrons. The second-order valence-corrected chi connectivity index (χ2v) is 13.0. The Hall–Kier alpha value is -3.08. The molecule has 0 N–H and O–H groups in total. The van der Waals surface area contributed by atoms with Crippen molar-refractivity contribution >= 4 is 23.9 Å². The summed E-state index contributed by atoms with van der Waals surface area (Å²) in [6.07, 6.45) is 18.1. The summed E-state index contributed by atoms with van der Waals surface area (Å²) in [5.74, 6) is 6.66. The molecule has 0 saturated heterocycles. The monoisotopic (exact) mass is 642 g/mol. The number of esters is 4. The van der Waals surface area contributed by atoms with Crippen LogP contribution in [0.15, 0.2) is 25.3 Å². The molecule has 2 rings (SSSR count). The fourth-order valence-corrected chi connectivity index (χ4v) is 6.51. The minimum absolute atomic E-state index is 0.261. The van der Waals surface area contributed by atoms with Crippen molar-refractivity contribution in [3.05, 3.63) is 25.3 Å². The highest BCUT2D eigenvalue weighted by molar-refractivity contribution is 5.81. The Morgan fingerprint density at radius 3 is 1.33 bits per heavy atom. The topological polar surface area (TPSA) is 105 Å².